The number of amides is 2. The molecule has 0 aliphatic heterocycles. The molecule has 2 aromatic rings. The Morgan fingerprint density at radius 1 is 1.25 bits per heavy atom. The fourth-order valence-electron chi connectivity index (χ4n) is 2.27. The molecule has 0 aliphatic carbocycles. The van der Waals surface area contributed by atoms with Crippen molar-refractivity contribution in [1.82, 2.24) is 15.2 Å². The molecule has 0 bridgehead atoms. The fraction of sp³-hybridized carbons (Fsp3) is 0.294. The van der Waals surface area contributed by atoms with Crippen LogP contribution in [0.2, 0.25) is 5.02 Å². The predicted molar refractivity (Wildman–Crippen MR) is 93.7 cm³/mol. The van der Waals surface area contributed by atoms with Gasteiger partial charge in [-0.15, -0.1) is 0 Å². The molecule has 0 saturated heterocycles. The van der Waals surface area contributed by atoms with E-state index in [1.807, 2.05) is 31.1 Å². The Bertz CT molecular complexity index is 703. The van der Waals surface area contributed by atoms with Gasteiger partial charge in [-0.05, 0) is 18.2 Å². The van der Waals surface area contributed by atoms with Crippen molar-refractivity contribution in [2.24, 2.45) is 0 Å². The average molecular weight is 351 g/mol. The van der Waals surface area contributed by atoms with E-state index in [0.29, 0.717) is 17.1 Å². The number of carbonyl (C=O) groups is 1. The Morgan fingerprint density at radius 3 is 2.67 bits per heavy atom. The maximum atomic E-state index is 13.8. The van der Waals surface area contributed by atoms with Gasteiger partial charge in [-0.1, -0.05) is 23.7 Å². The van der Waals surface area contributed by atoms with Crippen LogP contribution in [0.25, 0.3) is 0 Å². The minimum absolute atomic E-state index is 0.0882. The summed E-state index contributed by atoms with van der Waals surface area (Å²) in [6, 6.07) is 7.86. The van der Waals surface area contributed by atoms with Crippen LogP contribution < -0.4 is 10.2 Å². The van der Waals surface area contributed by atoms with Crippen LogP contribution in [0.15, 0.2) is 36.5 Å². The molecule has 0 atom stereocenters. The van der Waals surface area contributed by atoms with Gasteiger partial charge in [0.05, 0.1) is 6.54 Å². The van der Waals surface area contributed by atoms with Gasteiger partial charge < -0.3 is 15.1 Å². The molecule has 7 heteroatoms. The van der Waals surface area contributed by atoms with Crippen LogP contribution in [0, 0.1) is 5.82 Å². The van der Waals surface area contributed by atoms with Crippen LogP contribution in [-0.4, -0.2) is 37.1 Å². The van der Waals surface area contributed by atoms with Crippen molar-refractivity contribution in [2.45, 2.75) is 13.1 Å². The van der Waals surface area contributed by atoms with E-state index in [1.54, 1.807) is 19.3 Å². The summed E-state index contributed by atoms with van der Waals surface area (Å²) in [5, 5.41) is 3.11. The molecule has 0 fully saturated rings. The second-order valence-electron chi connectivity index (χ2n) is 5.60. The Balaban J connectivity index is 2.00. The van der Waals surface area contributed by atoms with E-state index in [1.165, 1.54) is 17.0 Å². The molecule has 2 rings (SSSR count). The highest BCUT2D eigenvalue weighted by Crippen LogP contribution is 2.20. The highest BCUT2D eigenvalue weighted by molar-refractivity contribution is 6.31. The van der Waals surface area contributed by atoms with Gasteiger partial charge in [-0.3, -0.25) is 0 Å². The van der Waals surface area contributed by atoms with Gasteiger partial charge in [0.25, 0.3) is 0 Å². The van der Waals surface area contributed by atoms with Crippen molar-refractivity contribution < 1.29 is 9.18 Å². The van der Waals surface area contributed by atoms with E-state index < -0.39 is 5.82 Å². The lowest BCUT2D eigenvalue weighted by molar-refractivity contribution is 0.206. The first-order valence-electron chi connectivity index (χ1n) is 7.43. The fourth-order valence-corrected chi connectivity index (χ4v) is 2.49. The third kappa shape index (κ3) is 4.35. The molecule has 5 nitrogen and oxygen atoms in total. The maximum absolute atomic E-state index is 13.8. The molecule has 128 valence electrons. The molecule has 1 N–H and O–H groups in total. The monoisotopic (exact) mass is 350 g/mol. The smallest absolute Gasteiger partial charge is 0.317 e. The lowest BCUT2D eigenvalue weighted by Gasteiger charge is -2.20. The van der Waals surface area contributed by atoms with Gasteiger partial charge >= 0.3 is 6.03 Å². The molecular weight excluding hydrogens is 331 g/mol. The topological polar surface area (TPSA) is 48.5 Å². The van der Waals surface area contributed by atoms with Gasteiger partial charge in [0, 0.05) is 50.0 Å². The molecule has 24 heavy (non-hydrogen) atoms. The minimum Gasteiger partial charge on any atom is -0.362 e. The zero-order chi connectivity index (χ0) is 17.7. The number of hydrogen-bond acceptors (Lipinski definition) is 3. The number of nitrogens with zero attached hydrogens (tertiary/aromatic N) is 3. The van der Waals surface area contributed by atoms with E-state index in [-0.39, 0.29) is 12.6 Å². The number of hydrogen-bond donors (Lipinski definition) is 1. The van der Waals surface area contributed by atoms with Gasteiger partial charge in [-0.2, -0.15) is 0 Å². The molecule has 0 saturated carbocycles. The first-order valence-corrected chi connectivity index (χ1v) is 7.81. The highest BCUT2D eigenvalue weighted by Gasteiger charge is 2.15. The maximum Gasteiger partial charge on any atom is 0.317 e. The van der Waals surface area contributed by atoms with Crippen LogP contribution in [0.5, 0.6) is 0 Å². The van der Waals surface area contributed by atoms with Crippen molar-refractivity contribution in [3.05, 3.63) is 58.5 Å². The largest absolute Gasteiger partial charge is 0.362 e. The van der Waals surface area contributed by atoms with Crippen LogP contribution in [-0.2, 0) is 13.1 Å². The van der Waals surface area contributed by atoms with Gasteiger partial charge in [0.2, 0.25) is 0 Å². The number of rotatable bonds is 5. The SMILES string of the molecule is CN(Cc1c(F)cccc1Cl)C(=O)NCc1cccnc1N(C)C. The summed E-state index contributed by atoms with van der Waals surface area (Å²) in [5.74, 6) is 0.363. The van der Waals surface area contributed by atoms with Crippen molar-refractivity contribution >= 4 is 23.4 Å². The van der Waals surface area contributed by atoms with Crippen molar-refractivity contribution in [3.8, 4) is 0 Å². The summed E-state index contributed by atoms with van der Waals surface area (Å²) in [7, 11) is 5.37. The summed E-state index contributed by atoms with van der Waals surface area (Å²) in [5.41, 5.74) is 1.19. The number of halogens is 2. The Morgan fingerprint density at radius 2 is 2.00 bits per heavy atom. The standard InChI is InChI=1S/C17H20ClFN4O/c1-22(2)16-12(6-5-9-20-16)10-21-17(24)23(3)11-13-14(18)7-4-8-15(13)19/h4-9H,10-11H2,1-3H3,(H,21,24). The molecule has 1 heterocycles. The summed E-state index contributed by atoms with van der Waals surface area (Å²) < 4.78 is 13.8. The van der Waals surface area contributed by atoms with Crippen molar-refractivity contribution in [1.29, 1.82) is 0 Å². The van der Waals surface area contributed by atoms with Crippen molar-refractivity contribution in [3.63, 3.8) is 0 Å². The first-order chi connectivity index (χ1) is 11.4. The molecule has 0 unspecified atom stereocenters. The minimum atomic E-state index is -0.427. The normalized spacial score (nSPS) is 10.4. The first kappa shape index (κ1) is 18.0. The lowest BCUT2D eigenvalue weighted by Crippen LogP contribution is -2.37. The third-order valence-corrected chi connectivity index (χ3v) is 3.88. The van der Waals surface area contributed by atoms with Gasteiger partial charge in [0.15, 0.2) is 0 Å². The van der Waals surface area contributed by atoms with E-state index in [0.717, 1.165) is 11.4 Å². The highest BCUT2D eigenvalue weighted by atomic mass is 35.5. The van der Waals surface area contributed by atoms with Gasteiger partial charge in [-0.25, -0.2) is 14.2 Å². The van der Waals surface area contributed by atoms with Crippen LogP contribution >= 0.6 is 11.6 Å². The number of anilines is 1. The molecular formula is C17H20ClFN4O. The second kappa shape index (κ2) is 7.97. The number of nitrogens with one attached hydrogen (secondary N) is 1. The number of carbonyl (C=O) groups excluding carboxylic acids is 1. The second-order valence-corrected chi connectivity index (χ2v) is 6.00. The third-order valence-electron chi connectivity index (χ3n) is 3.52. The molecule has 1 aromatic carbocycles. The van der Waals surface area contributed by atoms with E-state index in [4.69, 9.17) is 11.6 Å². The molecule has 0 radical (unpaired) electrons. The van der Waals surface area contributed by atoms with Crippen molar-refractivity contribution in [2.75, 3.05) is 26.0 Å². The van der Waals surface area contributed by atoms with Crippen LogP contribution in [0.3, 0.4) is 0 Å². The van der Waals surface area contributed by atoms with E-state index in [2.05, 4.69) is 10.3 Å². The van der Waals surface area contributed by atoms with Gasteiger partial charge in [0.1, 0.15) is 11.6 Å². The molecule has 0 aliphatic rings. The lowest BCUT2D eigenvalue weighted by atomic mass is 10.2. The van der Waals surface area contributed by atoms with E-state index in [9.17, 15) is 9.18 Å². The number of benzene rings is 1. The Labute approximate surface area is 146 Å². The number of urea groups is 1. The number of pyridine rings is 1. The predicted octanol–water partition coefficient (Wildman–Crippen LogP) is 3.28. The summed E-state index contributed by atoms with van der Waals surface area (Å²) in [4.78, 5) is 19.8. The Kier molecular flexibility index (Phi) is 5.98. The van der Waals surface area contributed by atoms with Crippen LogP contribution in [0.4, 0.5) is 15.0 Å². The van der Waals surface area contributed by atoms with E-state index >= 15 is 0 Å². The molecule has 1 aromatic heterocycles. The zero-order valence-electron chi connectivity index (χ0n) is 13.9. The summed E-state index contributed by atoms with van der Waals surface area (Å²) >= 11 is 5.99. The number of aromatic nitrogens is 1. The Hall–Kier alpha value is -2.34. The summed E-state index contributed by atoms with van der Waals surface area (Å²) in [6.45, 7) is 0.417. The molecule has 0 spiro atoms. The summed E-state index contributed by atoms with van der Waals surface area (Å²) in [6.07, 6.45) is 1.70. The average Bonchev–Trinajstić information content (AvgIpc) is 2.56. The molecule has 2 amide bonds. The zero-order valence-corrected chi connectivity index (χ0v) is 14.6. The quantitative estimate of drug-likeness (QED) is 0.900. The van der Waals surface area contributed by atoms with Crippen LogP contribution in [0.1, 0.15) is 11.1 Å².